The third kappa shape index (κ3) is 16.2. The van der Waals surface area contributed by atoms with Crippen LogP contribution in [0.2, 0.25) is 0 Å². The van der Waals surface area contributed by atoms with E-state index in [0.717, 1.165) is 51.5 Å². The summed E-state index contributed by atoms with van der Waals surface area (Å²) < 4.78 is 49.0. The van der Waals surface area contributed by atoms with Gasteiger partial charge in [0, 0.05) is 55.3 Å². The minimum absolute atomic E-state index is 0.0348. The molecular formula is C77H85N7O16S. The predicted molar refractivity (Wildman–Crippen MR) is 380 cm³/mol. The van der Waals surface area contributed by atoms with Crippen LogP contribution in [0.15, 0.2) is 198 Å². The van der Waals surface area contributed by atoms with Gasteiger partial charge in [0.25, 0.3) is 11.2 Å². The van der Waals surface area contributed by atoms with Crippen molar-refractivity contribution in [3.05, 3.63) is 264 Å². The van der Waals surface area contributed by atoms with Gasteiger partial charge in [-0.1, -0.05) is 128 Å². The molecule has 1 aromatic heterocycles. The minimum atomic E-state index is -1.47. The molecule has 0 bridgehead atoms. The van der Waals surface area contributed by atoms with Crippen LogP contribution >= 0.6 is 11.8 Å². The van der Waals surface area contributed by atoms with E-state index >= 15 is 0 Å². The van der Waals surface area contributed by atoms with Crippen molar-refractivity contribution in [1.29, 1.82) is 0 Å². The zero-order chi connectivity index (χ0) is 71.0. The number of rotatable bonds is 34. The number of aromatic amines is 1. The number of urea groups is 1. The fourth-order valence-corrected chi connectivity index (χ4v) is 15.5. The number of fused-ring (bicyclic) bond motifs is 1. The third-order valence-corrected chi connectivity index (χ3v) is 20.6. The topological polar surface area (TPSA) is 283 Å². The zero-order valence-corrected chi connectivity index (χ0v) is 57.8. The molecule has 0 radical (unpaired) electrons. The number of nitrogens with zero attached hydrogens (tertiary/aromatic N) is 3. The van der Waals surface area contributed by atoms with Crippen LogP contribution in [0.1, 0.15) is 115 Å². The summed E-state index contributed by atoms with van der Waals surface area (Å²) in [6.07, 6.45) is -0.0426. The number of nitro benzene ring substituents is 1. The average Bonchev–Trinajstić information content (AvgIpc) is 1.67. The molecular weight excluding hydrogens is 1310 g/mol. The standard InChI is InChI=1S/C77H85N7O16S/c1-50(97-49-98-72-71(88)65(100-73(72)82-44-42-69(87)80-74(82)89)47-99-77(55-19-11-7-12-20-55,56-29-37-60(95-4)38-30-56)57-31-39-61(96-5)40-32-57)62-45-51(24-41-63(62)84(91)92)46-79-68(86)22-13-8-16-43-78-67(85)23-15-14-21-66-70-64(48-101-66)83(75(90)81-70)76(52-17-9-6-10-18-52,53-25-33-58(93-2)34-26-53)54-27-35-59(94-3)36-28-54/h6-7,9-12,17-20,24-42,44-45,50,64-66,70-73,88H,8,13-16,21-23,43,46-49H2,1-5H3,(H,78,85)(H,79,86)(H,81,90)(H,80,87,89)/t50?,64-,65+,66-,70-,71+,72+,73+/m0/s1. The Kier molecular flexibility index (Phi) is 24.1. The number of nitro groups is 1. The highest BCUT2D eigenvalue weighted by Crippen LogP contribution is 2.50. The van der Waals surface area contributed by atoms with E-state index < -0.39 is 64.7 Å². The number of aliphatic hydroxyl groups excluding tert-OH is 1. The van der Waals surface area contributed by atoms with Crippen LogP contribution in [-0.4, -0.2) is 132 Å². The maximum atomic E-state index is 14.6. The molecule has 24 heteroatoms. The Hall–Kier alpha value is -9.82. The number of ether oxygens (including phenoxy) is 8. The van der Waals surface area contributed by atoms with Crippen molar-refractivity contribution in [2.24, 2.45) is 0 Å². The van der Waals surface area contributed by atoms with Crippen molar-refractivity contribution in [2.45, 2.75) is 124 Å². The van der Waals surface area contributed by atoms with Gasteiger partial charge in [-0.3, -0.25) is 34.0 Å². The number of hydrogen-bond donors (Lipinski definition) is 5. The number of thioether (sulfide) groups is 1. The van der Waals surface area contributed by atoms with E-state index in [2.05, 4.69) is 33.1 Å². The van der Waals surface area contributed by atoms with Crippen molar-refractivity contribution in [2.75, 3.05) is 54.1 Å². The maximum Gasteiger partial charge on any atom is 0.330 e. The molecule has 1 unspecified atom stereocenters. The molecule has 4 amide bonds. The monoisotopic (exact) mass is 1400 g/mol. The highest BCUT2D eigenvalue weighted by Gasteiger charge is 2.57. The number of hydrogen-bond acceptors (Lipinski definition) is 17. The molecule has 7 aromatic carbocycles. The first-order valence-electron chi connectivity index (χ1n) is 33.8. The molecule has 0 saturated carbocycles. The third-order valence-electron chi connectivity index (χ3n) is 19.1. The number of methoxy groups -OCH3 is 4. The number of unbranched alkanes of at least 4 members (excludes halogenated alkanes) is 3. The van der Waals surface area contributed by atoms with Crippen molar-refractivity contribution in [3.8, 4) is 23.0 Å². The first kappa shape index (κ1) is 72.4. The highest BCUT2D eigenvalue weighted by molar-refractivity contribution is 8.00. The summed E-state index contributed by atoms with van der Waals surface area (Å²) in [5.74, 6) is 3.16. The number of carbonyl (C=O) groups is 3. The fourth-order valence-electron chi connectivity index (χ4n) is 13.9. The average molecular weight is 1400 g/mol. The number of aliphatic hydroxyl groups is 1. The van der Waals surface area contributed by atoms with Crippen molar-refractivity contribution in [3.63, 3.8) is 0 Å². The number of benzene rings is 7. The quantitative estimate of drug-likeness (QED) is 0.00626. The van der Waals surface area contributed by atoms with Gasteiger partial charge in [0.15, 0.2) is 6.23 Å². The maximum absolute atomic E-state index is 14.6. The number of aromatic nitrogens is 2. The van der Waals surface area contributed by atoms with Gasteiger partial charge >= 0.3 is 11.7 Å². The molecule has 3 fully saturated rings. The molecule has 0 aliphatic carbocycles. The lowest BCUT2D eigenvalue weighted by Crippen LogP contribution is -2.53. The van der Waals surface area contributed by atoms with Crippen LogP contribution in [0, 0.1) is 10.1 Å². The summed E-state index contributed by atoms with van der Waals surface area (Å²) in [4.78, 5) is 82.4. The SMILES string of the molecule is COc1ccc(C(OC[C@H]2O[C@@H](n3ccc(=O)[nH]c3=O)[C@H](OCOC(C)c3cc(CNC(=O)CCCCCNC(=O)CCCC[C@@H]4SC[C@H]5[C@@H]4NC(=O)N5C(c4ccccc4)(c4ccc(OC)cc4)c4ccc(OC)cc4)ccc3[N+](=O)[O-])[C@@H]2O)(c2ccccc2)c2ccc(OC)cc2)cc1. The summed E-state index contributed by atoms with van der Waals surface area (Å²) in [5.41, 5.74) is 1.75. The Morgan fingerprint density at radius 1 is 0.683 bits per heavy atom. The molecule has 8 aromatic rings. The van der Waals surface area contributed by atoms with Crippen molar-refractivity contribution < 1.29 is 62.3 Å². The van der Waals surface area contributed by atoms with Crippen LogP contribution in [-0.2, 0) is 46.2 Å². The summed E-state index contributed by atoms with van der Waals surface area (Å²) >= 11 is 1.86. The number of H-pyrrole nitrogens is 1. The second-order valence-corrected chi connectivity index (χ2v) is 26.4. The van der Waals surface area contributed by atoms with Gasteiger partial charge in [0.2, 0.25) is 11.8 Å². The first-order chi connectivity index (χ1) is 49.1. The largest absolute Gasteiger partial charge is 0.497 e. The molecule has 530 valence electrons. The van der Waals surface area contributed by atoms with Gasteiger partial charge in [-0.2, -0.15) is 11.8 Å². The normalized spacial score (nSPS) is 19.0. The number of nitrogens with one attached hydrogen (secondary N) is 4. The summed E-state index contributed by atoms with van der Waals surface area (Å²) in [5, 5.41) is 34.0. The van der Waals surface area contributed by atoms with E-state index in [1.54, 1.807) is 47.5 Å². The molecule has 3 aliphatic heterocycles. The molecule has 8 atom stereocenters. The van der Waals surface area contributed by atoms with Gasteiger partial charge in [-0.25, -0.2) is 9.59 Å². The van der Waals surface area contributed by atoms with Crippen LogP contribution in [0.5, 0.6) is 23.0 Å². The summed E-state index contributed by atoms with van der Waals surface area (Å²) in [6, 6.07) is 55.6. The Morgan fingerprint density at radius 3 is 1.78 bits per heavy atom. The highest BCUT2D eigenvalue weighted by atomic mass is 32.2. The van der Waals surface area contributed by atoms with Crippen LogP contribution in [0.3, 0.4) is 0 Å². The van der Waals surface area contributed by atoms with E-state index in [0.29, 0.717) is 78.3 Å². The molecule has 23 nitrogen and oxygen atoms in total. The second-order valence-electron chi connectivity index (χ2n) is 25.1. The second kappa shape index (κ2) is 33.6. The van der Waals surface area contributed by atoms with E-state index in [1.165, 1.54) is 12.3 Å². The van der Waals surface area contributed by atoms with Gasteiger partial charge < -0.3 is 63.9 Å². The molecule has 0 spiro atoms. The first-order valence-corrected chi connectivity index (χ1v) is 34.9. The molecule has 3 aliphatic rings. The van der Waals surface area contributed by atoms with Crippen molar-refractivity contribution in [1.82, 2.24) is 30.4 Å². The molecule has 5 N–H and O–H groups in total. The molecule has 101 heavy (non-hydrogen) atoms. The molecule has 11 rings (SSSR count). The van der Waals surface area contributed by atoms with Gasteiger partial charge in [-0.15, -0.1) is 0 Å². The van der Waals surface area contributed by atoms with E-state index in [4.69, 9.17) is 37.9 Å². The summed E-state index contributed by atoms with van der Waals surface area (Å²) in [7, 11) is 6.42. The van der Waals surface area contributed by atoms with Crippen LogP contribution < -0.4 is 46.1 Å². The Bertz CT molecular complexity index is 4110. The Morgan fingerprint density at radius 2 is 1.22 bits per heavy atom. The van der Waals surface area contributed by atoms with Gasteiger partial charge in [0.05, 0.1) is 63.7 Å². The summed E-state index contributed by atoms with van der Waals surface area (Å²) in [6.45, 7) is 1.35. The van der Waals surface area contributed by atoms with Crippen LogP contribution in [0.25, 0.3) is 0 Å². The minimum Gasteiger partial charge on any atom is -0.497 e. The predicted octanol–water partition coefficient (Wildman–Crippen LogP) is 10.6. The lowest BCUT2D eigenvalue weighted by molar-refractivity contribution is -0.386. The van der Waals surface area contributed by atoms with E-state index in [1.807, 2.05) is 162 Å². The van der Waals surface area contributed by atoms with Crippen molar-refractivity contribution >= 4 is 35.3 Å². The van der Waals surface area contributed by atoms with Gasteiger partial charge in [-0.05, 0) is 126 Å². The zero-order valence-electron chi connectivity index (χ0n) is 57.0. The number of carbonyl (C=O) groups excluding carboxylic acids is 3. The lowest BCUT2D eigenvalue weighted by atomic mass is 9.74. The Balaban J connectivity index is 0.641. The number of amides is 4. The fraction of sp³-hybridized carbons (Fsp3) is 0.364. The Labute approximate surface area is 589 Å². The molecule has 3 saturated heterocycles. The van der Waals surface area contributed by atoms with E-state index in [-0.39, 0.29) is 66.0 Å². The lowest BCUT2D eigenvalue weighted by Gasteiger charge is -2.45. The van der Waals surface area contributed by atoms with E-state index in [9.17, 15) is 39.2 Å². The van der Waals surface area contributed by atoms with Gasteiger partial charge in [0.1, 0.15) is 59.2 Å². The molecule has 4 heterocycles. The smallest absolute Gasteiger partial charge is 0.330 e. The van der Waals surface area contributed by atoms with Crippen LogP contribution in [0.4, 0.5) is 10.5 Å².